The van der Waals surface area contributed by atoms with Gasteiger partial charge in [0.15, 0.2) is 5.65 Å². The van der Waals surface area contributed by atoms with E-state index in [1.807, 2.05) is 12.3 Å². The van der Waals surface area contributed by atoms with Gasteiger partial charge in [0.05, 0.1) is 6.04 Å². The minimum Gasteiger partial charge on any atom is -0.308 e. The van der Waals surface area contributed by atoms with Gasteiger partial charge in [0.25, 0.3) is 0 Å². The minimum absolute atomic E-state index is 0.435. The Kier molecular flexibility index (Phi) is 2.82. The summed E-state index contributed by atoms with van der Waals surface area (Å²) in [6.07, 6.45) is 3.06. The Labute approximate surface area is 108 Å². The lowest BCUT2D eigenvalue weighted by atomic mass is 10.2. The van der Waals surface area contributed by atoms with Crippen LogP contribution in [0, 0.1) is 0 Å². The number of aromatic nitrogens is 3. The molecule has 18 heavy (non-hydrogen) atoms. The first-order valence-corrected chi connectivity index (χ1v) is 6.68. The average Bonchev–Trinajstić information content (AvgIpc) is 2.92. The Morgan fingerprint density at radius 3 is 2.89 bits per heavy atom. The summed E-state index contributed by atoms with van der Waals surface area (Å²) in [4.78, 5) is 11.7. The Hall–Kier alpha value is -1.42. The van der Waals surface area contributed by atoms with Crippen LogP contribution >= 0.6 is 0 Å². The molecule has 0 aromatic carbocycles. The fourth-order valence-corrected chi connectivity index (χ4v) is 2.84. The Morgan fingerprint density at radius 2 is 2.22 bits per heavy atom. The fraction of sp³-hybridized carbons (Fsp3) is 0.571. The zero-order valence-electron chi connectivity index (χ0n) is 11.3. The Morgan fingerprint density at radius 1 is 1.39 bits per heavy atom. The number of likely N-dealkylation sites (N-methyl/N-ethyl adjacent to an activating group) is 1. The van der Waals surface area contributed by atoms with Crippen molar-refractivity contribution in [2.75, 3.05) is 20.1 Å². The molecule has 1 aliphatic rings. The number of pyridine rings is 1. The zero-order valence-corrected chi connectivity index (χ0v) is 11.3. The number of rotatable bonds is 2. The van der Waals surface area contributed by atoms with E-state index in [9.17, 15) is 0 Å². The van der Waals surface area contributed by atoms with Crippen LogP contribution in [0.15, 0.2) is 18.3 Å². The smallest absolute Gasteiger partial charge is 0.160 e. The van der Waals surface area contributed by atoms with Crippen molar-refractivity contribution < 1.29 is 0 Å². The molecule has 0 amide bonds. The molecule has 0 N–H and O–H groups in total. The highest BCUT2D eigenvalue weighted by atomic mass is 15.2. The van der Waals surface area contributed by atoms with Gasteiger partial charge in [0.2, 0.25) is 0 Å². The third-order valence-electron chi connectivity index (χ3n) is 3.72. The third-order valence-corrected chi connectivity index (χ3v) is 3.72. The maximum Gasteiger partial charge on any atom is 0.160 e. The number of likely N-dealkylation sites (tertiary alicyclic amines) is 1. The normalized spacial score (nSPS) is 21.2. The molecular formula is C14H20N4. The van der Waals surface area contributed by atoms with Gasteiger partial charge < -0.3 is 9.47 Å². The standard InChI is InChI=1S/C14H20N4/c1-10(2)13-16-12-5-4-7-15-14(12)18(13)11-6-8-17(3)9-11/h4-5,7,10-11H,6,8-9H2,1-3H3. The summed E-state index contributed by atoms with van der Waals surface area (Å²) in [5, 5.41) is 0. The molecule has 1 unspecified atom stereocenters. The zero-order chi connectivity index (χ0) is 12.7. The van der Waals surface area contributed by atoms with Gasteiger partial charge >= 0.3 is 0 Å². The van der Waals surface area contributed by atoms with Crippen LogP contribution in [0.25, 0.3) is 11.2 Å². The maximum absolute atomic E-state index is 4.76. The van der Waals surface area contributed by atoms with Crippen molar-refractivity contribution in [2.24, 2.45) is 0 Å². The van der Waals surface area contributed by atoms with Crippen LogP contribution in [-0.2, 0) is 0 Å². The largest absolute Gasteiger partial charge is 0.308 e. The summed E-state index contributed by atoms with van der Waals surface area (Å²) in [6, 6.07) is 4.54. The van der Waals surface area contributed by atoms with Gasteiger partial charge in [-0.2, -0.15) is 0 Å². The van der Waals surface area contributed by atoms with Crippen molar-refractivity contribution in [1.29, 1.82) is 0 Å². The summed E-state index contributed by atoms with van der Waals surface area (Å²) < 4.78 is 2.36. The first-order chi connectivity index (χ1) is 8.66. The highest BCUT2D eigenvalue weighted by Gasteiger charge is 2.26. The van der Waals surface area contributed by atoms with Crippen molar-refractivity contribution in [3.63, 3.8) is 0 Å². The molecule has 0 bridgehead atoms. The molecule has 2 aromatic heterocycles. The van der Waals surface area contributed by atoms with Gasteiger partial charge in [0, 0.05) is 18.7 Å². The topological polar surface area (TPSA) is 34.0 Å². The first-order valence-electron chi connectivity index (χ1n) is 6.68. The summed E-state index contributed by atoms with van der Waals surface area (Å²) >= 11 is 0. The monoisotopic (exact) mass is 244 g/mol. The van der Waals surface area contributed by atoms with E-state index in [1.165, 1.54) is 12.2 Å². The van der Waals surface area contributed by atoms with Crippen LogP contribution in [-0.4, -0.2) is 39.6 Å². The molecule has 96 valence electrons. The molecule has 4 heteroatoms. The van der Waals surface area contributed by atoms with Gasteiger partial charge in [-0.05, 0) is 32.1 Å². The lowest BCUT2D eigenvalue weighted by molar-refractivity contribution is 0.390. The lowest BCUT2D eigenvalue weighted by Gasteiger charge is -2.17. The number of imidazole rings is 1. The molecule has 1 fully saturated rings. The second-order valence-corrected chi connectivity index (χ2v) is 5.55. The van der Waals surface area contributed by atoms with E-state index in [2.05, 4.69) is 41.4 Å². The number of fused-ring (bicyclic) bond motifs is 1. The van der Waals surface area contributed by atoms with Crippen LogP contribution in [0.3, 0.4) is 0 Å². The van der Waals surface area contributed by atoms with Crippen LogP contribution in [0.2, 0.25) is 0 Å². The molecule has 3 heterocycles. The average molecular weight is 244 g/mol. The lowest BCUT2D eigenvalue weighted by Crippen LogP contribution is -2.18. The molecular weight excluding hydrogens is 224 g/mol. The van der Waals surface area contributed by atoms with E-state index in [0.29, 0.717) is 12.0 Å². The molecule has 1 aliphatic heterocycles. The van der Waals surface area contributed by atoms with Gasteiger partial charge in [-0.25, -0.2) is 9.97 Å². The Bertz CT molecular complexity index is 558. The molecule has 4 nitrogen and oxygen atoms in total. The molecule has 1 saturated heterocycles. The molecule has 0 aliphatic carbocycles. The minimum atomic E-state index is 0.435. The first kappa shape index (κ1) is 11.7. The van der Waals surface area contributed by atoms with Crippen molar-refractivity contribution in [3.8, 4) is 0 Å². The van der Waals surface area contributed by atoms with Crippen LogP contribution in [0.5, 0.6) is 0 Å². The molecule has 3 rings (SSSR count). The number of nitrogens with zero attached hydrogens (tertiary/aromatic N) is 4. The van der Waals surface area contributed by atoms with E-state index in [0.717, 1.165) is 24.3 Å². The Balaban J connectivity index is 2.15. The summed E-state index contributed by atoms with van der Waals surface area (Å²) in [6.45, 7) is 6.67. The van der Waals surface area contributed by atoms with Crippen molar-refractivity contribution in [1.82, 2.24) is 19.4 Å². The third kappa shape index (κ3) is 1.81. The number of hydrogen-bond acceptors (Lipinski definition) is 3. The van der Waals surface area contributed by atoms with Crippen LogP contribution < -0.4 is 0 Å². The second-order valence-electron chi connectivity index (χ2n) is 5.55. The summed E-state index contributed by atoms with van der Waals surface area (Å²) in [5.74, 6) is 1.61. The van der Waals surface area contributed by atoms with E-state index in [1.54, 1.807) is 0 Å². The van der Waals surface area contributed by atoms with Crippen LogP contribution in [0.4, 0.5) is 0 Å². The van der Waals surface area contributed by atoms with Gasteiger partial charge in [-0.15, -0.1) is 0 Å². The van der Waals surface area contributed by atoms with E-state index in [4.69, 9.17) is 4.98 Å². The summed E-state index contributed by atoms with van der Waals surface area (Å²) in [7, 11) is 2.18. The molecule has 2 aromatic rings. The fourth-order valence-electron chi connectivity index (χ4n) is 2.84. The van der Waals surface area contributed by atoms with Crippen molar-refractivity contribution in [3.05, 3.63) is 24.2 Å². The maximum atomic E-state index is 4.76. The summed E-state index contributed by atoms with van der Waals surface area (Å²) in [5.41, 5.74) is 2.07. The predicted octanol–water partition coefficient (Wildman–Crippen LogP) is 2.43. The van der Waals surface area contributed by atoms with Crippen molar-refractivity contribution in [2.45, 2.75) is 32.2 Å². The van der Waals surface area contributed by atoms with E-state index >= 15 is 0 Å². The van der Waals surface area contributed by atoms with E-state index in [-0.39, 0.29) is 0 Å². The number of hydrogen-bond donors (Lipinski definition) is 0. The molecule has 0 radical (unpaired) electrons. The van der Waals surface area contributed by atoms with Gasteiger partial charge in [-0.3, -0.25) is 0 Å². The highest BCUT2D eigenvalue weighted by Crippen LogP contribution is 2.29. The molecule has 0 saturated carbocycles. The molecule has 1 atom stereocenters. The van der Waals surface area contributed by atoms with Gasteiger partial charge in [0.1, 0.15) is 11.3 Å². The van der Waals surface area contributed by atoms with E-state index < -0.39 is 0 Å². The van der Waals surface area contributed by atoms with Crippen LogP contribution in [0.1, 0.15) is 38.1 Å². The second kappa shape index (κ2) is 4.35. The molecule has 0 spiro atoms. The SMILES string of the molecule is CC(C)c1nc2cccnc2n1C1CCN(C)C1. The van der Waals surface area contributed by atoms with Crippen molar-refractivity contribution >= 4 is 11.2 Å². The highest BCUT2D eigenvalue weighted by molar-refractivity contribution is 5.71. The predicted molar refractivity (Wildman–Crippen MR) is 72.8 cm³/mol. The van der Waals surface area contributed by atoms with Gasteiger partial charge in [-0.1, -0.05) is 13.8 Å². The quantitative estimate of drug-likeness (QED) is 0.813.